The Balaban J connectivity index is 1.86. The van der Waals surface area contributed by atoms with Gasteiger partial charge < -0.3 is 9.80 Å². The van der Waals surface area contributed by atoms with Crippen molar-refractivity contribution < 1.29 is 4.79 Å². The van der Waals surface area contributed by atoms with Gasteiger partial charge in [-0.2, -0.15) is 5.10 Å². The van der Waals surface area contributed by atoms with Gasteiger partial charge in [0.1, 0.15) is 0 Å². The number of nitrogens with zero attached hydrogens (tertiary/aromatic N) is 4. The molecule has 2 saturated heterocycles. The number of hydrogen-bond acceptors (Lipinski definition) is 3. The number of likely N-dealkylation sites (N-methyl/N-ethyl adjacent to an activating group) is 1. The Morgan fingerprint density at radius 2 is 1.86 bits per heavy atom. The Morgan fingerprint density at radius 1 is 1.18 bits per heavy atom. The minimum Gasteiger partial charge on any atom is -0.334 e. The average molecular weight is 304 g/mol. The van der Waals surface area contributed by atoms with E-state index in [0.717, 1.165) is 49.4 Å². The molecule has 3 heterocycles. The zero-order valence-corrected chi connectivity index (χ0v) is 14.3. The third-order valence-corrected chi connectivity index (χ3v) is 5.48. The molecule has 0 bridgehead atoms. The Bertz CT molecular complexity index is 565. The number of likely N-dealkylation sites (tertiary alicyclic amines) is 2. The molecule has 0 N–H and O–H groups in total. The zero-order chi connectivity index (χ0) is 15.9. The maximum absolute atomic E-state index is 13.1. The number of rotatable bonds is 3. The van der Waals surface area contributed by atoms with Gasteiger partial charge in [0.05, 0.1) is 11.3 Å². The molecule has 3 rings (SSSR count). The molecule has 2 aliphatic heterocycles. The smallest absolute Gasteiger partial charge is 0.257 e. The summed E-state index contributed by atoms with van der Waals surface area (Å²) in [5.74, 6) is 0.192. The highest BCUT2D eigenvalue weighted by Crippen LogP contribution is 2.31. The van der Waals surface area contributed by atoms with Gasteiger partial charge in [0.2, 0.25) is 0 Å². The average Bonchev–Trinajstić information content (AvgIpc) is 3.17. The molecule has 122 valence electrons. The second kappa shape index (κ2) is 6.03. The fraction of sp³-hybridized carbons (Fsp3) is 0.765. The fourth-order valence-corrected chi connectivity index (χ4v) is 4.32. The molecule has 0 spiro atoms. The van der Waals surface area contributed by atoms with Crippen molar-refractivity contribution in [2.24, 2.45) is 0 Å². The van der Waals surface area contributed by atoms with Crippen molar-refractivity contribution >= 4 is 5.91 Å². The Labute approximate surface area is 133 Å². The lowest BCUT2D eigenvalue weighted by Crippen LogP contribution is -2.47. The lowest BCUT2D eigenvalue weighted by atomic mass is 10.0. The van der Waals surface area contributed by atoms with Crippen molar-refractivity contribution in [2.75, 3.05) is 20.1 Å². The van der Waals surface area contributed by atoms with Crippen molar-refractivity contribution in [3.8, 4) is 0 Å². The minimum atomic E-state index is 0.192. The SMILES string of the molecule is CCn1nc(C)c(C(=O)N2CCC[C@@H]2[C@@H]2CCCN2C)c1C. The molecule has 2 atom stereocenters. The third-order valence-electron chi connectivity index (χ3n) is 5.48. The standard InChI is InChI=1S/C17H28N4O/c1-5-21-13(3)16(12(2)18-21)17(22)20-11-7-9-15(20)14-8-6-10-19(14)4/h14-15H,5-11H2,1-4H3/t14-,15+/m0/s1. The summed E-state index contributed by atoms with van der Waals surface area (Å²) in [6.45, 7) is 8.91. The van der Waals surface area contributed by atoms with Crippen LogP contribution in [0.25, 0.3) is 0 Å². The molecule has 0 radical (unpaired) electrons. The van der Waals surface area contributed by atoms with E-state index in [0.29, 0.717) is 12.1 Å². The van der Waals surface area contributed by atoms with Crippen LogP contribution in [0.5, 0.6) is 0 Å². The Hall–Kier alpha value is -1.36. The molecule has 5 nitrogen and oxygen atoms in total. The molecule has 5 heteroatoms. The van der Waals surface area contributed by atoms with Gasteiger partial charge in [0, 0.05) is 30.9 Å². The number of aromatic nitrogens is 2. The van der Waals surface area contributed by atoms with Gasteiger partial charge in [0.25, 0.3) is 5.91 Å². The summed E-state index contributed by atoms with van der Waals surface area (Å²) in [6, 6.07) is 0.914. The molecular formula is C17H28N4O. The molecule has 0 unspecified atom stereocenters. The predicted molar refractivity (Wildman–Crippen MR) is 87.1 cm³/mol. The number of amides is 1. The van der Waals surface area contributed by atoms with Crippen LogP contribution in [0.15, 0.2) is 0 Å². The summed E-state index contributed by atoms with van der Waals surface area (Å²) >= 11 is 0. The molecule has 0 aliphatic carbocycles. The van der Waals surface area contributed by atoms with E-state index in [1.54, 1.807) is 0 Å². The first-order valence-electron chi connectivity index (χ1n) is 8.59. The van der Waals surface area contributed by atoms with Crippen LogP contribution in [0, 0.1) is 13.8 Å². The topological polar surface area (TPSA) is 41.4 Å². The van der Waals surface area contributed by atoms with Crippen molar-refractivity contribution in [3.05, 3.63) is 17.0 Å². The summed E-state index contributed by atoms with van der Waals surface area (Å²) in [5, 5.41) is 4.52. The summed E-state index contributed by atoms with van der Waals surface area (Å²) in [4.78, 5) is 17.7. The van der Waals surface area contributed by atoms with Gasteiger partial charge in [-0.3, -0.25) is 9.48 Å². The van der Waals surface area contributed by atoms with Crippen LogP contribution in [0.3, 0.4) is 0 Å². The highest BCUT2D eigenvalue weighted by molar-refractivity contribution is 5.96. The normalized spacial score (nSPS) is 26.1. The summed E-state index contributed by atoms with van der Waals surface area (Å²) in [7, 11) is 2.20. The van der Waals surface area contributed by atoms with Gasteiger partial charge in [-0.25, -0.2) is 0 Å². The van der Waals surface area contributed by atoms with E-state index in [1.807, 2.05) is 18.5 Å². The summed E-state index contributed by atoms with van der Waals surface area (Å²) in [5.41, 5.74) is 2.71. The number of carbonyl (C=O) groups excluding carboxylic acids is 1. The fourth-order valence-electron chi connectivity index (χ4n) is 4.32. The Morgan fingerprint density at radius 3 is 2.45 bits per heavy atom. The van der Waals surface area contributed by atoms with Gasteiger partial charge in [-0.1, -0.05) is 0 Å². The number of aryl methyl sites for hydroxylation is 2. The largest absolute Gasteiger partial charge is 0.334 e. The number of hydrogen-bond donors (Lipinski definition) is 0. The molecule has 1 aromatic heterocycles. The summed E-state index contributed by atoms with van der Waals surface area (Å²) < 4.78 is 1.94. The molecular weight excluding hydrogens is 276 g/mol. The molecule has 1 aromatic rings. The van der Waals surface area contributed by atoms with Crippen LogP contribution in [0.2, 0.25) is 0 Å². The molecule has 22 heavy (non-hydrogen) atoms. The first kappa shape index (κ1) is 15.5. The molecule has 2 aliphatic rings. The van der Waals surface area contributed by atoms with E-state index in [9.17, 15) is 4.79 Å². The molecule has 0 aromatic carbocycles. The van der Waals surface area contributed by atoms with Gasteiger partial charge in [-0.05, 0) is 60.0 Å². The van der Waals surface area contributed by atoms with E-state index >= 15 is 0 Å². The van der Waals surface area contributed by atoms with Gasteiger partial charge >= 0.3 is 0 Å². The van der Waals surface area contributed by atoms with E-state index in [1.165, 1.54) is 12.8 Å². The van der Waals surface area contributed by atoms with Crippen LogP contribution in [-0.2, 0) is 6.54 Å². The molecule has 1 amide bonds. The van der Waals surface area contributed by atoms with Crippen LogP contribution in [0.4, 0.5) is 0 Å². The van der Waals surface area contributed by atoms with Crippen LogP contribution < -0.4 is 0 Å². The van der Waals surface area contributed by atoms with Gasteiger partial charge in [-0.15, -0.1) is 0 Å². The first-order chi connectivity index (χ1) is 10.5. The van der Waals surface area contributed by atoms with E-state index in [4.69, 9.17) is 0 Å². The molecule has 0 saturated carbocycles. The maximum Gasteiger partial charge on any atom is 0.257 e. The zero-order valence-electron chi connectivity index (χ0n) is 14.3. The highest BCUT2D eigenvalue weighted by atomic mass is 16.2. The van der Waals surface area contributed by atoms with E-state index < -0.39 is 0 Å². The van der Waals surface area contributed by atoms with Crippen molar-refractivity contribution in [1.29, 1.82) is 0 Å². The second-order valence-corrected chi connectivity index (χ2v) is 6.76. The minimum absolute atomic E-state index is 0.192. The monoisotopic (exact) mass is 304 g/mol. The van der Waals surface area contributed by atoms with Crippen LogP contribution in [0.1, 0.15) is 54.4 Å². The summed E-state index contributed by atoms with van der Waals surface area (Å²) in [6.07, 6.45) is 4.74. The van der Waals surface area contributed by atoms with Gasteiger partial charge in [0.15, 0.2) is 0 Å². The highest BCUT2D eigenvalue weighted by Gasteiger charge is 2.39. The van der Waals surface area contributed by atoms with Crippen LogP contribution in [-0.4, -0.2) is 57.7 Å². The first-order valence-corrected chi connectivity index (χ1v) is 8.59. The lowest BCUT2D eigenvalue weighted by Gasteiger charge is -2.33. The van der Waals surface area contributed by atoms with E-state index in [-0.39, 0.29) is 5.91 Å². The van der Waals surface area contributed by atoms with Crippen molar-refractivity contribution in [1.82, 2.24) is 19.6 Å². The maximum atomic E-state index is 13.1. The van der Waals surface area contributed by atoms with E-state index in [2.05, 4.69) is 28.9 Å². The quantitative estimate of drug-likeness (QED) is 0.860. The van der Waals surface area contributed by atoms with Crippen LogP contribution >= 0.6 is 0 Å². The number of carbonyl (C=O) groups is 1. The van der Waals surface area contributed by atoms with Crippen molar-refractivity contribution in [3.63, 3.8) is 0 Å². The predicted octanol–water partition coefficient (Wildman–Crippen LogP) is 2.22. The third kappa shape index (κ3) is 2.45. The lowest BCUT2D eigenvalue weighted by molar-refractivity contribution is 0.0663. The second-order valence-electron chi connectivity index (χ2n) is 6.76. The Kier molecular flexibility index (Phi) is 4.26. The van der Waals surface area contributed by atoms with Crippen molar-refractivity contribution in [2.45, 2.75) is 65.1 Å². The molecule has 2 fully saturated rings.